The third-order valence-electron chi connectivity index (χ3n) is 3.12. The number of Topliss-reactive ketones (excluding diaryl/α,β-unsaturated/α-hetero) is 1. The second-order valence-electron chi connectivity index (χ2n) is 4.86. The molecule has 0 aliphatic heterocycles. The van der Waals surface area contributed by atoms with Crippen molar-refractivity contribution < 1.29 is 18.7 Å². The summed E-state index contributed by atoms with van der Waals surface area (Å²) in [7, 11) is 1.53. The Labute approximate surface area is 148 Å². The van der Waals surface area contributed by atoms with Gasteiger partial charge in [-0.25, -0.2) is 0 Å². The van der Waals surface area contributed by atoms with Gasteiger partial charge in [-0.3, -0.25) is 4.79 Å². The molecule has 0 saturated heterocycles. The predicted molar refractivity (Wildman–Crippen MR) is 93.1 cm³/mol. The maximum Gasteiger partial charge on any atom is 0.238 e. The summed E-state index contributed by atoms with van der Waals surface area (Å²) in [6.07, 6.45) is 3.75. The number of halogens is 1. The molecular formula is C18H16BrNO4. The Kier molecular flexibility index (Phi) is 6.21. The molecule has 1 aromatic heterocycles. The highest BCUT2D eigenvalue weighted by Crippen LogP contribution is 2.37. The van der Waals surface area contributed by atoms with Gasteiger partial charge in [0, 0.05) is 0 Å². The van der Waals surface area contributed by atoms with Gasteiger partial charge in [-0.1, -0.05) is 6.92 Å². The summed E-state index contributed by atoms with van der Waals surface area (Å²) in [6, 6.07) is 8.50. The summed E-state index contributed by atoms with van der Waals surface area (Å²) >= 11 is 3.44. The lowest BCUT2D eigenvalue weighted by atomic mass is 10.1. The van der Waals surface area contributed by atoms with E-state index in [1.807, 2.05) is 13.0 Å². The Morgan fingerprint density at radius 2 is 2.25 bits per heavy atom. The lowest BCUT2D eigenvalue weighted by molar-refractivity contribution is 0.101. The van der Waals surface area contributed by atoms with Crippen molar-refractivity contribution in [3.05, 3.63) is 51.9 Å². The Hall–Kier alpha value is -2.52. The smallest absolute Gasteiger partial charge is 0.238 e. The first kappa shape index (κ1) is 17.8. The summed E-state index contributed by atoms with van der Waals surface area (Å²) in [5.41, 5.74) is 0.611. The number of hydrogen-bond donors (Lipinski definition) is 0. The molecule has 0 amide bonds. The summed E-state index contributed by atoms with van der Waals surface area (Å²) < 4.78 is 16.7. The molecule has 1 heterocycles. The van der Waals surface area contributed by atoms with Gasteiger partial charge in [-0.05, 0) is 58.3 Å². The van der Waals surface area contributed by atoms with E-state index in [4.69, 9.17) is 13.9 Å². The monoisotopic (exact) mass is 389 g/mol. The number of hydrogen-bond acceptors (Lipinski definition) is 5. The van der Waals surface area contributed by atoms with Crippen LogP contribution in [-0.2, 0) is 0 Å². The fraction of sp³-hybridized carbons (Fsp3) is 0.222. The molecule has 0 spiro atoms. The first-order valence-corrected chi connectivity index (χ1v) is 8.10. The Balaban J connectivity index is 2.39. The molecule has 124 valence electrons. The lowest BCUT2D eigenvalue weighted by Gasteiger charge is -2.13. The number of carbonyl (C=O) groups is 1. The van der Waals surface area contributed by atoms with Gasteiger partial charge in [-0.2, -0.15) is 5.26 Å². The molecule has 0 aliphatic rings. The fourth-order valence-electron chi connectivity index (χ4n) is 2.02. The highest BCUT2D eigenvalue weighted by Gasteiger charge is 2.16. The third kappa shape index (κ3) is 4.06. The van der Waals surface area contributed by atoms with Crippen LogP contribution in [0.15, 0.2) is 45.0 Å². The molecule has 2 rings (SSSR count). The molecule has 0 aliphatic carbocycles. The van der Waals surface area contributed by atoms with Gasteiger partial charge in [0.2, 0.25) is 5.78 Å². The quantitative estimate of drug-likeness (QED) is 0.392. The van der Waals surface area contributed by atoms with Crippen LogP contribution in [0.5, 0.6) is 11.5 Å². The predicted octanol–water partition coefficient (Wildman–Crippen LogP) is 4.63. The molecule has 0 atom stereocenters. The molecule has 0 N–H and O–H groups in total. The van der Waals surface area contributed by atoms with E-state index in [1.54, 1.807) is 18.2 Å². The molecular weight excluding hydrogens is 374 g/mol. The van der Waals surface area contributed by atoms with Crippen molar-refractivity contribution in [3.63, 3.8) is 0 Å². The zero-order valence-electron chi connectivity index (χ0n) is 13.3. The van der Waals surface area contributed by atoms with E-state index in [0.29, 0.717) is 28.1 Å². The minimum atomic E-state index is -0.469. The van der Waals surface area contributed by atoms with Gasteiger partial charge in [0.1, 0.15) is 11.6 Å². The SMILES string of the molecule is CCCOc1c(Br)cc(/C=C(\C#N)C(=O)c2ccco2)cc1OC. The summed E-state index contributed by atoms with van der Waals surface area (Å²) in [5, 5.41) is 9.27. The second kappa shape index (κ2) is 8.37. The summed E-state index contributed by atoms with van der Waals surface area (Å²) in [4.78, 5) is 12.2. The summed E-state index contributed by atoms with van der Waals surface area (Å²) in [6.45, 7) is 2.57. The number of nitriles is 1. The lowest BCUT2D eigenvalue weighted by Crippen LogP contribution is -2.01. The highest BCUT2D eigenvalue weighted by molar-refractivity contribution is 9.10. The molecule has 24 heavy (non-hydrogen) atoms. The number of nitrogens with zero attached hydrogens (tertiary/aromatic N) is 1. The molecule has 2 aromatic rings. The average Bonchev–Trinajstić information content (AvgIpc) is 3.12. The first-order valence-electron chi connectivity index (χ1n) is 7.31. The van der Waals surface area contributed by atoms with Crippen molar-refractivity contribution in [1.29, 1.82) is 5.26 Å². The van der Waals surface area contributed by atoms with E-state index in [2.05, 4.69) is 15.9 Å². The third-order valence-corrected chi connectivity index (χ3v) is 3.71. The van der Waals surface area contributed by atoms with Crippen LogP contribution in [0.1, 0.15) is 29.5 Å². The fourth-order valence-corrected chi connectivity index (χ4v) is 2.60. The number of ketones is 1. The molecule has 1 aromatic carbocycles. The van der Waals surface area contributed by atoms with Crippen molar-refractivity contribution in [1.82, 2.24) is 0 Å². The Morgan fingerprint density at radius 1 is 1.46 bits per heavy atom. The van der Waals surface area contributed by atoms with Crippen LogP contribution in [0.4, 0.5) is 0 Å². The van der Waals surface area contributed by atoms with Crippen molar-refractivity contribution in [2.24, 2.45) is 0 Å². The molecule has 5 nitrogen and oxygen atoms in total. The Morgan fingerprint density at radius 3 is 2.83 bits per heavy atom. The maximum absolute atomic E-state index is 12.2. The minimum Gasteiger partial charge on any atom is -0.493 e. The number of methoxy groups -OCH3 is 1. The van der Waals surface area contributed by atoms with Crippen LogP contribution in [0.2, 0.25) is 0 Å². The van der Waals surface area contributed by atoms with E-state index in [1.165, 1.54) is 25.5 Å². The molecule has 6 heteroatoms. The summed E-state index contributed by atoms with van der Waals surface area (Å²) in [5.74, 6) is 0.764. The van der Waals surface area contributed by atoms with Gasteiger partial charge in [-0.15, -0.1) is 0 Å². The topological polar surface area (TPSA) is 72.5 Å². The van der Waals surface area contributed by atoms with Gasteiger partial charge in [0.15, 0.2) is 17.3 Å². The number of rotatable bonds is 7. The van der Waals surface area contributed by atoms with Crippen LogP contribution in [0, 0.1) is 11.3 Å². The van der Waals surface area contributed by atoms with E-state index < -0.39 is 5.78 Å². The normalized spacial score (nSPS) is 11.0. The van der Waals surface area contributed by atoms with Gasteiger partial charge in [0.25, 0.3) is 0 Å². The zero-order valence-corrected chi connectivity index (χ0v) is 14.9. The van der Waals surface area contributed by atoms with Gasteiger partial charge < -0.3 is 13.9 Å². The van der Waals surface area contributed by atoms with E-state index in [9.17, 15) is 10.1 Å². The van der Waals surface area contributed by atoms with Crippen molar-refractivity contribution >= 4 is 27.8 Å². The standard InChI is InChI=1S/C18H16BrNO4/c1-3-6-24-18-14(19)9-12(10-16(18)22-2)8-13(11-20)17(21)15-5-4-7-23-15/h4-5,7-10H,3,6H2,1-2H3/b13-8+. The average molecular weight is 390 g/mol. The molecule has 0 radical (unpaired) electrons. The molecule has 0 fully saturated rings. The molecule has 0 saturated carbocycles. The maximum atomic E-state index is 12.2. The van der Waals surface area contributed by atoms with Crippen LogP contribution < -0.4 is 9.47 Å². The minimum absolute atomic E-state index is 0.0267. The van der Waals surface area contributed by atoms with E-state index >= 15 is 0 Å². The Bertz CT molecular complexity index is 788. The number of carbonyl (C=O) groups excluding carboxylic acids is 1. The van der Waals surface area contributed by atoms with Crippen LogP contribution in [-0.4, -0.2) is 19.5 Å². The number of allylic oxidation sites excluding steroid dienone is 1. The highest BCUT2D eigenvalue weighted by atomic mass is 79.9. The first-order chi connectivity index (χ1) is 11.6. The van der Waals surface area contributed by atoms with Crippen molar-refractivity contribution in [2.75, 3.05) is 13.7 Å². The van der Waals surface area contributed by atoms with Crippen LogP contribution >= 0.6 is 15.9 Å². The molecule has 0 unspecified atom stereocenters. The molecule has 0 bridgehead atoms. The largest absolute Gasteiger partial charge is 0.493 e. The van der Waals surface area contributed by atoms with Crippen molar-refractivity contribution in [2.45, 2.75) is 13.3 Å². The van der Waals surface area contributed by atoms with Crippen LogP contribution in [0.3, 0.4) is 0 Å². The van der Waals surface area contributed by atoms with Gasteiger partial charge >= 0.3 is 0 Å². The zero-order chi connectivity index (χ0) is 17.5. The van der Waals surface area contributed by atoms with Crippen LogP contribution in [0.25, 0.3) is 6.08 Å². The number of furan rings is 1. The van der Waals surface area contributed by atoms with Crippen molar-refractivity contribution in [3.8, 4) is 17.6 Å². The number of benzene rings is 1. The van der Waals surface area contributed by atoms with E-state index in [0.717, 1.165) is 6.42 Å². The van der Waals surface area contributed by atoms with Gasteiger partial charge in [0.05, 0.1) is 24.5 Å². The van der Waals surface area contributed by atoms with E-state index in [-0.39, 0.29) is 11.3 Å². The second-order valence-corrected chi connectivity index (χ2v) is 5.71. The number of ether oxygens (including phenoxy) is 2.